The van der Waals surface area contributed by atoms with E-state index in [9.17, 15) is 9.59 Å². The Morgan fingerprint density at radius 3 is 2.54 bits per heavy atom. The first-order valence-corrected chi connectivity index (χ1v) is 8.20. The number of nitrogens with one attached hydrogen (secondary N) is 1. The Bertz CT molecular complexity index is 937. The molecule has 0 radical (unpaired) electrons. The van der Waals surface area contributed by atoms with Crippen molar-refractivity contribution in [3.8, 4) is 0 Å². The van der Waals surface area contributed by atoms with Crippen LogP contribution >= 0.6 is 0 Å². The third kappa shape index (κ3) is 2.97. The fourth-order valence-corrected chi connectivity index (χ4v) is 2.92. The number of aryl methyl sites for hydroxylation is 2. The molecule has 0 saturated carbocycles. The summed E-state index contributed by atoms with van der Waals surface area (Å²) in [5.74, 6) is -0.104. The van der Waals surface area contributed by atoms with Crippen molar-refractivity contribution in [2.45, 2.75) is 33.4 Å². The summed E-state index contributed by atoms with van der Waals surface area (Å²) in [6.45, 7) is 4.80. The molecule has 1 amide bonds. The highest BCUT2D eigenvalue weighted by Crippen LogP contribution is 2.16. The molecular weight excluding hydrogens is 302 g/mol. The second kappa shape index (κ2) is 6.74. The molecule has 0 aliphatic rings. The maximum Gasteiger partial charge on any atom is 0.259 e. The topological polar surface area (TPSA) is 56.0 Å². The monoisotopic (exact) mass is 323 g/mol. The Morgan fingerprint density at radius 1 is 1.04 bits per heavy atom. The van der Waals surface area contributed by atoms with Crippen molar-refractivity contribution < 1.29 is 4.79 Å². The maximum atomic E-state index is 12.4. The second-order valence-corrected chi connectivity index (χ2v) is 5.71. The van der Waals surface area contributed by atoms with Gasteiger partial charge in [0.2, 0.25) is 5.91 Å². The van der Waals surface area contributed by atoms with Gasteiger partial charge in [-0.1, -0.05) is 25.1 Å². The van der Waals surface area contributed by atoms with Crippen LogP contribution in [0.3, 0.4) is 0 Å². The molecule has 0 bridgehead atoms. The summed E-state index contributed by atoms with van der Waals surface area (Å²) in [5, 5.41) is 3.60. The number of carbonyl (C=O) groups is 1. The van der Waals surface area contributed by atoms with E-state index in [0.29, 0.717) is 11.9 Å². The minimum absolute atomic E-state index is 0.0227. The average molecular weight is 323 g/mol. The summed E-state index contributed by atoms with van der Waals surface area (Å²) < 4.78 is 3.46. The van der Waals surface area contributed by atoms with Crippen LogP contribution < -0.4 is 10.9 Å². The molecule has 0 saturated heterocycles. The minimum atomic E-state index is -0.104. The molecule has 0 atom stereocenters. The lowest BCUT2D eigenvalue weighted by Crippen LogP contribution is -2.20. The second-order valence-electron chi connectivity index (χ2n) is 5.71. The molecule has 24 heavy (non-hydrogen) atoms. The summed E-state index contributed by atoms with van der Waals surface area (Å²) in [6.07, 6.45) is 4.42. The number of aromatic nitrogens is 2. The van der Waals surface area contributed by atoms with E-state index in [1.54, 1.807) is 27.6 Å². The number of hydrogen-bond donors (Lipinski definition) is 1. The number of nitrogens with zero attached hydrogens (tertiary/aromatic N) is 2. The number of hydrogen-bond acceptors (Lipinski definition) is 2. The highest BCUT2D eigenvalue weighted by atomic mass is 16.2. The number of carbonyl (C=O) groups excluding carboxylic acids is 1. The Kier molecular flexibility index (Phi) is 4.51. The number of amides is 1. The first-order valence-electron chi connectivity index (χ1n) is 8.20. The van der Waals surface area contributed by atoms with Crippen LogP contribution in [0.25, 0.3) is 10.9 Å². The quantitative estimate of drug-likeness (QED) is 0.784. The number of pyridine rings is 1. The zero-order valence-corrected chi connectivity index (χ0v) is 14.0. The molecule has 0 fully saturated rings. The van der Waals surface area contributed by atoms with Crippen molar-refractivity contribution in [1.82, 2.24) is 9.13 Å². The van der Waals surface area contributed by atoms with Gasteiger partial charge in [0.15, 0.2) is 0 Å². The van der Waals surface area contributed by atoms with E-state index in [-0.39, 0.29) is 18.0 Å². The first-order chi connectivity index (χ1) is 11.6. The highest BCUT2D eigenvalue weighted by Gasteiger charge is 2.10. The number of fused-ring (bicyclic) bond motifs is 1. The van der Waals surface area contributed by atoms with E-state index < -0.39 is 0 Å². The molecule has 1 N–H and O–H groups in total. The summed E-state index contributed by atoms with van der Waals surface area (Å²) in [5.41, 5.74) is 2.71. The van der Waals surface area contributed by atoms with Gasteiger partial charge in [0.05, 0.1) is 10.9 Å². The molecule has 0 aliphatic carbocycles. The first kappa shape index (κ1) is 16.1. The van der Waals surface area contributed by atoms with Crippen molar-refractivity contribution in [2.24, 2.45) is 0 Å². The van der Waals surface area contributed by atoms with Crippen LogP contribution in [0, 0.1) is 0 Å². The van der Waals surface area contributed by atoms with Crippen LogP contribution in [0.2, 0.25) is 0 Å². The molecule has 1 aromatic carbocycles. The van der Waals surface area contributed by atoms with Gasteiger partial charge < -0.3 is 14.5 Å². The molecule has 3 aromatic rings. The van der Waals surface area contributed by atoms with Crippen LogP contribution in [-0.2, 0) is 24.3 Å². The van der Waals surface area contributed by atoms with Gasteiger partial charge in [-0.2, -0.15) is 0 Å². The van der Waals surface area contributed by atoms with E-state index in [1.807, 2.05) is 37.3 Å². The van der Waals surface area contributed by atoms with Crippen molar-refractivity contribution in [1.29, 1.82) is 0 Å². The SMILES string of the molecule is CCc1ccccc1NC(=O)Cn1ccc2c(=O)n(CC)ccc21. The van der Waals surface area contributed by atoms with E-state index in [1.165, 1.54) is 0 Å². The van der Waals surface area contributed by atoms with Crippen molar-refractivity contribution in [3.63, 3.8) is 0 Å². The maximum absolute atomic E-state index is 12.4. The molecule has 3 rings (SSSR count). The van der Waals surface area contributed by atoms with E-state index >= 15 is 0 Å². The molecule has 124 valence electrons. The standard InChI is InChI=1S/C19H21N3O2/c1-3-14-7-5-6-8-16(14)20-18(23)13-22-11-9-15-17(22)10-12-21(4-2)19(15)24/h5-12H,3-4,13H2,1-2H3,(H,20,23). The van der Waals surface area contributed by atoms with Crippen LogP contribution in [0.5, 0.6) is 0 Å². The van der Waals surface area contributed by atoms with Crippen LogP contribution in [0.15, 0.2) is 53.6 Å². The summed E-state index contributed by atoms with van der Waals surface area (Å²) in [6, 6.07) is 11.4. The Hall–Kier alpha value is -2.82. The molecule has 2 heterocycles. The lowest BCUT2D eigenvalue weighted by molar-refractivity contribution is -0.116. The van der Waals surface area contributed by atoms with Crippen LogP contribution in [-0.4, -0.2) is 15.0 Å². The lowest BCUT2D eigenvalue weighted by Gasteiger charge is -2.11. The highest BCUT2D eigenvalue weighted by molar-refractivity contribution is 5.92. The summed E-state index contributed by atoms with van der Waals surface area (Å²) >= 11 is 0. The lowest BCUT2D eigenvalue weighted by atomic mass is 10.1. The smallest absolute Gasteiger partial charge is 0.259 e. The third-order valence-corrected chi connectivity index (χ3v) is 4.24. The fraction of sp³-hybridized carbons (Fsp3) is 0.263. The number of benzene rings is 1. The van der Waals surface area contributed by atoms with Crippen molar-refractivity contribution >= 4 is 22.5 Å². The molecular formula is C19H21N3O2. The Labute approximate surface area is 140 Å². The number of anilines is 1. The van der Waals surface area contributed by atoms with Gasteiger partial charge in [0.25, 0.3) is 5.56 Å². The Morgan fingerprint density at radius 2 is 1.79 bits per heavy atom. The van der Waals surface area contributed by atoms with Gasteiger partial charge in [0.1, 0.15) is 6.54 Å². The van der Waals surface area contributed by atoms with Gasteiger partial charge in [-0.3, -0.25) is 9.59 Å². The van der Waals surface area contributed by atoms with Gasteiger partial charge in [-0.15, -0.1) is 0 Å². The Balaban J connectivity index is 1.84. The van der Waals surface area contributed by atoms with Gasteiger partial charge in [-0.25, -0.2) is 0 Å². The van der Waals surface area contributed by atoms with E-state index in [2.05, 4.69) is 12.2 Å². The predicted molar refractivity (Wildman–Crippen MR) is 96.3 cm³/mol. The zero-order valence-electron chi connectivity index (χ0n) is 14.0. The van der Waals surface area contributed by atoms with Crippen LogP contribution in [0.4, 0.5) is 5.69 Å². The fourth-order valence-electron chi connectivity index (χ4n) is 2.92. The van der Waals surface area contributed by atoms with Crippen LogP contribution in [0.1, 0.15) is 19.4 Å². The zero-order chi connectivity index (χ0) is 17.1. The van der Waals surface area contributed by atoms with Crippen molar-refractivity contribution in [3.05, 3.63) is 64.7 Å². The summed E-state index contributed by atoms with van der Waals surface area (Å²) in [7, 11) is 0. The van der Waals surface area contributed by atoms with Gasteiger partial charge in [0, 0.05) is 24.6 Å². The number of rotatable bonds is 5. The van der Waals surface area contributed by atoms with Gasteiger partial charge >= 0.3 is 0 Å². The van der Waals surface area contributed by atoms with Crippen molar-refractivity contribution in [2.75, 3.05) is 5.32 Å². The molecule has 2 aromatic heterocycles. The van der Waals surface area contributed by atoms with E-state index in [0.717, 1.165) is 23.2 Å². The third-order valence-electron chi connectivity index (χ3n) is 4.24. The molecule has 0 unspecified atom stereocenters. The summed E-state index contributed by atoms with van der Waals surface area (Å²) in [4.78, 5) is 24.7. The average Bonchev–Trinajstić information content (AvgIpc) is 2.99. The minimum Gasteiger partial charge on any atom is -0.338 e. The molecule has 0 aliphatic heterocycles. The largest absolute Gasteiger partial charge is 0.338 e. The molecule has 5 nitrogen and oxygen atoms in total. The number of para-hydroxylation sites is 1. The normalized spacial score (nSPS) is 10.9. The molecule has 0 spiro atoms. The van der Waals surface area contributed by atoms with Gasteiger partial charge in [-0.05, 0) is 37.1 Å². The van der Waals surface area contributed by atoms with E-state index in [4.69, 9.17) is 0 Å². The molecule has 5 heteroatoms. The predicted octanol–water partition coefficient (Wildman–Crippen LogP) is 3.02.